The lowest BCUT2D eigenvalue weighted by Crippen LogP contribution is -2.68. The molecule has 2 bridgehead atoms. The minimum Gasteiger partial charge on any atom is -0.472 e. The van der Waals surface area contributed by atoms with Crippen molar-refractivity contribution < 1.29 is 47.3 Å². The predicted molar refractivity (Wildman–Crippen MR) is 120 cm³/mol. The highest BCUT2D eigenvalue weighted by molar-refractivity contribution is 5.94. The second kappa shape index (κ2) is 8.69. The van der Waals surface area contributed by atoms with Gasteiger partial charge in [0.15, 0.2) is 5.78 Å². The molecule has 2 aliphatic carbocycles. The zero-order chi connectivity index (χ0) is 25.9. The molecule has 3 heterocycles. The molecule has 2 aliphatic heterocycles. The van der Waals surface area contributed by atoms with E-state index in [1.54, 1.807) is 6.07 Å². The third kappa shape index (κ3) is 3.52. The third-order valence-corrected chi connectivity index (χ3v) is 8.87. The van der Waals surface area contributed by atoms with Gasteiger partial charge in [0, 0.05) is 44.1 Å². The second-order valence-corrected chi connectivity index (χ2v) is 10.6. The van der Waals surface area contributed by atoms with Crippen LogP contribution in [0, 0.1) is 22.7 Å². The van der Waals surface area contributed by atoms with E-state index in [2.05, 4.69) is 0 Å². The number of Topliss-reactive ketones (excluding diaryl/α,β-unsaturated/α-hetero) is 1. The maximum absolute atomic E-state index is 14.2. The number of hydrogen-bond donors (Lipinski definition) is 0. The monoisotopic (exact) mass is 504 g/mol. The molecule has 1 aromatic rings. The van der Waals surface area contributed by atoms with Gasteiger partial charge in [-0.2, -0.15) is 0 Å². The van der Waals surface area contributed by atoms with Crippen LogP contribution in [-0.4, -0.2) is 54.9 Å². The van der Waals surface area contributed by atoms with E-state index in [1.807, 2.05) is 6.92 Å². The fraction of sp³-hybridized carbons (Fsp3) is 0.692. The van der Waals surface area contributed by atoms with Crippen LogP contribution in [0.4, 0.5) is 0 Å². The summed E-state index contributed by atoms with van der Waals surface area (Å²) < 4.78 is 34.6. The van der Waals surface area contributed by atoms with Crippen LogP contribution in [0.15, 0.2) is 23.0 Å². The Hall–Kier alpha value is -2.72. The lowest BCUT2D eigenvalue weighted by molar-refractivity contribution is -0.213. The third-order valence-electron chi connectivity index (χ3n) is 8.87. The number of epoxide rings is 1. The Kier molecular flexibility index (Phi) is 6.02. The Bertz CT molecular complexity index is 1060. The van der Waals surface area contributed by atoms with Gasteiger partial charge < -0.3 is 28.1 Å². The van der Waals surface area contributed by atoms with Gasteiger partial charge in [-0.3, -0.25) is 19.2 Å². The van der Waals surface area contributed by atoms with E-state index in [4.69, 9.17) is 28.1 Å². The van der Waals surface area contributed by atoms with E-state index in [9.17, 15) is 19.2 Å². The van der Waals surface area contributed by atoms with Gasteiger partial charge >= 0.3 is 17.9 Å². The smallest absolute Gasteiger partial charge is 0.304 e. The summed E-state index contributed by atoms with van der Waals surface area (Å²) in [6.45, 7) is 6.08. The molecule has 8 atom stereocenters. The number of rotatable bonds is 7. The van der Waals surface area contributed by atoms with E-state index >= 15 is 0 Å². The average Bonchev–Trinajstić information content (AvgIpc) is 3.28. The fourth-order valence-corrected chi connectivity index (χ4v) is 7.33. The van der Waals surface area contributed by atoms with E-state index in [-0.39, 0.29) is 24.7 Å². The van der Waals surface area contributed by atoms with Gasteiger partial charge in [0.2, 0.25) is 6.29 Å². The lowest BCUT2D eigenvalue weighted by atomic mass is 9.43. The number of ketones is 1. The van der Waals surface area contributed by atoms with Crippen molar-refractivity contribution in [2.24, 2.45) is 22.7 Å². The van der Waals surface area contributed by atoms with E-state index in [0.717, 1.165) is 6.42 Å². The molecule has 0 aromatic carbocycles. The van der Waals surface area contributed by atoms with Crippen LogP contribution in [0.2, 0.25) is 0 Å². The van der Waals surface area contributed by atoms with Gasteiger partial charge in [-0.1, -0.05) is 13.3 Å². The van der Waals surface area contributed by atoms with Crippen LogP contribution in [-0.2, 0) is 42.9 Å². The summed E-state index contributed by atoms with van der Waals surface area (Å²) in [5.74, 6) is -2.49. The summed E-state index contributed by atoms with van der Waals surface area (Å²) in [4.78, 5) is 50.5. The largest absolute Gasteiger partial charge is 0.472 e. The molecule has 4 aliphatic rings. The van der Waals surface area contributed by atoms with Gasteiger partial charge in [-0.25, -0.2) is 0 Å². The van der Waals surface area contributed by atoms with Gasteiger partial charge in [0.25, 0.3) is 0 Å². The molecule has 0 unspecified atom stereocenters. The number of esters is 3. The molecule has 4 fully saturated rings. The highest BCUT2D eigenvalue weighted by Gasteiger charge is 2.81. The first-order valence-electron chi connectivity index (χ1n) is 12.4. The number of ether oxygens (including phenoxy) is 5. The summed E-state index contributed by atoms with van der Waals surface area (Å²) in [5, 5.41) is 0. The summed E-state index contributed by atoms with van der Waals surface area (Å²) in [7, 11) is 0. The zero-order valence-corrected chi connectivity index (χ0v) is 20.9. The molecule has 196 valence electrons. The first-order chi connectivity index (χ1) is 17.1. The number of fused-ring (bicyclic) bond motifs is 5. The Morgan fingerprint density at radius 2 is 1.92 bits per heavy atom. The Morgan fingerprint density at radius 1 is 1.17 bits per heavy atom. The SMILES string of the molecule is CC(=O)OC[C@@]12C(=O)[C@H]3O[C@H](OC(C)=O)[C@](C[C@H](OC(C)=O)c4ccoc4)([C@@H]3C)[C@H]1CCC[C@]21CO1. The molecule has 0 N–H and O–H groups in total. The summed E-state index contributed by atoms with van der Waals surface area (Å²) in [6, 6.07) is 1.72. The first-order valence-corrected chi connectivity index (χ1v) is 12.4. The maximum Gasteiger partial charge on any atom is 0.304 e. The van der Waals surface area contributed by atoms with Crippen LogP contribution in [0.1, 0.15) is 65.0 Å². The van der Waals surface area contributed by atoms with Crippen molar-refractivity contribution in [3.63, 3.8) is 0 Å². The fourth-order valence-electron chi connectivity index (χ4n) is 7.33. The van der Waals surface area contributed by atoms with Gasteiger partial charge in [-0.05, 0) is 24.8 Å². The number of hydrogen-bond acceptors (Lipinski definition) is 10. The average molecular weight is 505 g/mol. The minimum absolute atomic E-state index is 0.142. The highest BCUT2D eigenvalue weighted by Crippen LogP contribution is 2.72. The quantitative estimate of drug-likeness (QED) is 0.310. The molecule has 1 aromatic heterocycles. The van der Waals surface area contributed by atoms with Crippen molar-refractivity contribution in [1.29, 1.82) is 0 Å². The van der Waals surface area contributed by atoms with Crippen LogP contribution in [0.25, 0.3) is 0 Å². The molecule has 1 spiro atoms. The van der Waals surface area contributed by atoms with Crippen LogP contribution < -0.4 is 0 Å². The van der Waals surface area contributed by atoms with Gasteiger partial charge in [0.1, 0.15) is 29.8 Å². The Balaban J connectivity index is 1.67. The van der Waals surface area contributed by atoms with Crippen molar-refractivity contribution in [3.05, 3.63) is 24.2 Å². The van der Waals surface area contributed by atoms with Crippen LogP contribution >= 0.6 is 0 Å². The molecule has 10 heteroatoms. The van der Waals surface area contributed by atoms with Crippen molar-refractivity contribution in [2.45, 2.75) is 77.5 Å². The molecule has 10 nitrogen and oxygen atoms in total. The molecule has 36 heavy (non-hydrogen) atoms. The minimum atomic E-state index is -1.17. The first kappa shape index (κ1) is 25.0. The Labute approximate surface area is 208 Å². The van der Waals surface area contributed by atoms with Crippen LogP contribution in [0.3, 0.4) is 0 Å². The van der Waals surface area contributed by atoms with E-state index in [0.29, 0.717) is 25.0 Å². The normalized spacial score (nSPS) is 39.3. The maximum atomic E-state index is 14.2. The summed E-state index contributed by atoms with van der Waals surface area (Å²) >= 11 is 0. The topological polar surface area (TPSA) is 131 Å². The molecular weight excluding hydrogens is 472 g/mol. The molecule has 5 rings (SSSR count). The van der Waals surface area contributed by atoms with E-state index in [1.165, 1.54) is 33.3 Å². The molecular formula is C26H32O10. The zero-order valence-electron chi connectivity index (χ0n) is 20.9. The highest BCUT2D eigenvalue weighted by atomic mass is 16.7. The van der Waals surface area contributed by atoms with Gasteiger partial charge in [-0.15, -0.1) is 0 Å². The van der Waals surface area contributed by atoms with Crippen molar-refractivity contribution in [3.8, 4) is 0 Å². The van der Waals surface area contributed by atoms with Crippen molar-refractivity contribution >= 4 is 23.7 Å². The van der Waals surface area contributed by atoms with Crippen molar-refractivity contribution in [2.75, 3.05) is 13.2 Å². The molecule has 2 saturated carbocycles. The number of carbonyl (C=O) groups excluding carboxylic acids is 4. The summed E-state index contributed by atoms with van der Waals surface area (Å²) in [6.07, 6.45) is 2.57. The predicted octanol–water partition coefficient (Wildman–Crippen LogP) is 2.89. The molecule has 0 radical (unpaired) electrons. The molecule has 0 amide bonds. The number of furan rings is 1. The van der Waals surface area contributed by atoms with E-state index < -0.39 is 58.8 Å². The lowest BCUT2D eigenvalue weighted by Gasteiger charge is -2.58. The second-order valence-electron chi connectivity index (χ2n) is 10.6. The van der Waals surface area contributed by atoms with Gasteiger partial charge in [0.05, 0.1) is 19.1 Å². The Morgan fingerprint density at radius 3 is 2.50 bits per heavy atom. The number of carbonyl (C=O) groups is 4. The van der Waals surface area contributed by atoms with Crippen molar-refractivity contribution in [1.82, 2.24) is 0 Å². The summed E-state index contributed by atoms with van der Waals surface area (Å²) in [5.41, 5.74) is -2.22. The van der Waals surface area contributed by atoms with Crippen LogP contribution in [0.5, 0.6) is 0 Å². The molecule has 2 saturated heterocycles. The standard InChI is InChI=1S/C26H32O10/c1-14-21-22(30)26(13-32-15(2)27)20(6-5-8-24(26)12-33-24)25(14,23(36-21)35-17(4)29)10-19(34-16(3)28)18-7-9-31-11-18/h7,9,11,14,19-21,23H,5-6,8,10,12-13H2,1-4H3/t14-,19+,20-,21+,23+,24+,25-,26+/m1/s1.